The smallest absolute Gasteiger partial charge is 0.240 e. The summed E-state index contributed by atoms with van der Waals surface area (Å²) in [7, 11) is 0. The first-order chi connectivity index (χ1) is 10.3. The summed E-state index contributed by atoms with van der Waals surface area (Å²) in [6, 6.07) is 0. The zero-order valence-corrected chi connectivity index (χ0v) is 14.5. The fourth-order valence-corrected chi connectivity index (χ4v) is 3.55. The Morgan fingerprint density at radius 1 is 1.50 bits per heavy atom. The molecule has 0 spiro atoms. The highest BCUT2D eigenvalue weighted by Gasteiger charge is 2.33. The van der Waals surface area contributed by atoms with Crippen molar-refractivity contribution in [3.63, 3.8) is 0 Å². The van der Waals surface area contributed by atoms with E-state index < -0.39 is 0 Å². The van der Waals surface area contributed by atoms with E-state index in [1.54, 1.807) is 0 Å². The summed E-state index contributed by atoms with van der Waals surface area (Å²) in [5.41, 5.74) is 0.705. The largest absolute Gasteiger partial charge is 0.355 e. The van der Waals surface area contributed by atoms with E-state index in [1.807, 2.05) is 25.7 Å². The van der Waals surface area contributed by atoms with Gasteiger partial charge < -0.3 is 10.6 Å². The second kappa shape index (κ2) is 6.75. The summed E-state index contributed by atoms with van der Waals surface area (Å²) in [6.45, 7) is 9.57. The van der Waals surface area contributed by atoms with Crippen LogP contribution in [0.4, 0.5) is 5.13 Å². The van der Waals surface area contributed by atoms with Gasteiger partial charge in [0.05, 0.1) is 12.2 Å². The van der Waals surface area contributed by atoms with Crippen molar-refractivity contribution in [3.05, 3.63) is 10.6 Å². The monoisotopic (exact) mass is 324 g/mol. The minimum atomic E-state index is -0.328. The number of hydrogen-bond acceptors (Lipinski definition) is 5. The Kier molecular flexibility index (Phi) is 5.18. The zero-order valence-electron chi connectivity index (χ0n) is 13.7. The second-order valence-electron chi connectivity index (χ2n) is 6.18. The maximum atomic E-state index is 12.3. The number of aryl methyl sites for hydroxylation is 2. The molecule has 6 nitrogen and oxygen atoms in total. The minimum Gasteiger partial charge on any atom is -0.355 e. The van der Waals surface area contributed by atoms with Gasteiger partial charge in [0.2, 0.25) is 11.8 Å². The van der Waals surface area contributed by atoms with Gasteiger partial charge in [-0.05, 0) is 27.2 Å². The standard InChI is InChI=1S/C15H24N4O2S/c1-5-11-10(2)22-14(17-11)18-13(21)9-19-7-6-16-12(20)8-15(19,3)4/h5-9H2,1-4H3,(H,16,20)(H,17,18,21). The lowest BCUT2D eigenvalue weighted by molar-refractivity contribution is -0.123. The molecule has 1 aromatic rings. The van der Waals surface area contributed by atoms with Crippen molar-refractivity contribution < 1.29 is 9.59 Å². The number of hydrogen-bond donors (Lipinski definition) is 2. The highest BCUT2D eigenvalue weighted by Crippen LogP contribution is 2.23. The van der Waals surface area contributed by atoms with E-state index in [0.29, 0.717) is 24.6 Å². The van der Waals surface area contributed by atoms with Crippen LogP contribution in [0.1, 0.15) is 37.8 Å². The molecule has 2 amide bonds. The number of nitrogens with zero attached hydrogens (tertiary/aromatic N) is 2. The Morgan fingerprint density at radius 3 is 2.86 bits per heavy atom. The molecule has 2 N–H and O–H groups in total. The molecule has 2 heterocycles. The number of carbonyl (C=O) groups excluding carboxylic acids is 2. The van der Waals surface area contributed by atoms with Crippen molar-refractivity contribution in [2.75, 3.05) is 25.0 Å². The first-order valence-corrected chi connectivity index (χ1v) is 8.41. The summed E-state index contributed by atoms with van der Waals surface area (Å²) in [6.07, 6.45) is 1.27. The van der Waals surface area contributed by atoms with Crippen LogP contribution in [-0.2, 0) is 16.0 Å². The number of amides is 2. The normalized spacial score (nSPS) is 18.6. The van der Waals surface area contributed by atoms with Crippen LogP contribution in [0.2, 0.25) is 0 Å². The van der Waals surface area contributed by atoms with Gasteiger partial charge in [0.15, 0.2) is 5.13 Å². The molecule has 122 valence electrons. The lowest BCUT2D eigenvalue weighted by atomic mass is 9.98. The van der Waals surface area contributed by atoms with E-state index in [0.717, 1.165) is 17.0 Å². The molecule has 1 aliphatic heterocycles. The Morgan fingerprint density at radius 2 is 2.23 bits per heavy atom. The van der Waals surface area contributed by atoms with Gasteiger partial charge >= 0.3 is 0 Å². The highest BCUT2D eigenvalue weighted by molar-refractivity contribution is 7.15. The maximum Gasteiger partial charge on any atom is 0.240 e. The van der Waals surface area contributed by atoms with Gasteiger partial charge in [0.25, 0.3) is 0 Å². The van der Waals surface area contributed by atoms with E-state index in [9.17, 15) is 9.59 Å². The van der Waals surface area contributed by atoms with Crippen LogP contribution in [0.15, 0.2) is 0 Å². The van der Waals surface area contributed by atoms with Gasteiger partial charge in [0, 0.05) is 29.9 Å². The third-order valence-electron chi connectivity index (χ3n) is 3.96. The van der Waals surface area contributed by atoms with Gasteiger partial charge in [-0.1, -0.05) is 6.92 Å². The number of aromatic nitrogens is 1. The van der Waals surface area contributed by atoms with Crippen LogP contribution in [0.3, 0.4) is 0 Å². The lowest BCUT2D eigenvalue weighted by Gasteiger charge is -2.35. The van der Waals surface area contributed by atoms with E-state index in [1.165, 1.54) is 11.3 Å². The molecule has 1 fully saturated rings. The molecule has 1 saturated heterocycles. The molecule has 1 aliphatic rings. The predicted molar refractivity (Wildman–Crippen MR) is 88.1 cm³/mol. The topological polar surface area (TPSA) is 74.3 Å². The Balaban J connectivity index is 1.99. The summed E-state index contributed by atoms with van der Waals surface area (Å²) in [5.74, 6) is -0.0464. The van der Waals surface area contributed by atoms with Crippen LogP contribution < -0.4 is 10.6 Å². The van der Waals surface area contributed by atoms with E-state index in [4.69, 9.17) is 0 Å². The number of nitrogens with one attached hydrogen (secondary N) is 2. The van der Waals surface area contributed by atoms with E-state index in [2.05, 4.69) is 22.5 Å². The van der Waals surface area contributed by atoms with Gasteiger partial charge in [0.1, 0.15) is 0 Å². The first kappa shape index (κ1) is 16.9. The maximum absolute atomic E-state index is 12.3. The minimum absolute atomic E-state index is 0.0380. The van der Waals surface area contributed by atoms with Crippen molar-refractivity contribution in [2.24, 2.45) is 0 Å². The molecule has 0 radical (unpaired) electrons. The van der Waals surface area contributed by atoms with Gasteiger partial charge in [-0.3, -0.25) is 14.5 Å². The number of thiazole rings is 1. The molecule has 22 heavy (non-hydrogen) atoms. The summed E-state index contributed by atoms with van der Waals surface area (Å²) >= 11 is 1.51. The zero-order chi connectivity index (χ0) is 16.3. The quantitative estimate of drug-likeness (QED) is 0.881. The van der Waals surface area contributed by atoms with E-state index >= 15 is 0 Å². The average Bonchev–Trinajstić information content (AvgIpc) is 2.70. The molecule has 0 unspecified atom stereocenters. The molecule has 1 aromatic heterocycles. The second-order valence-corrected chi connectivity index (χ2v) is 7.39. The molecular weight excluding hydrogens is 300 g/mol. The molecule has 2 rings (SSSR count). The third kappa shape index (κ3) is 4.04. The third-order valence-corrected chi connectivity index (χ3v) is 4.89. The average molecular weight is 324 g/mol. The fourth-order valence-electron chi connectivity index (χ4n) is 2.63. The van der Waals surface area contributed by atoms with Crippen molar-refractivity contribution >= 4 is 28.3 Å². The molecule has 0 bridgehead atoms. The number of rotatable bonds is 4. The summed E-state index contributed by atoms with van der Waals surface area (Å²) < 4.78 is 0. The van der Waals surface area contributed by atoms with Crippen LogP contribution in [-0.4, -0.2) is 46.9 Å². The van der Waals surface area contributed by atoms with Crippen LogP contribution in [0, 0.1) is 6.92 Å². The molecule has 0 aromatic carbocycles. The molecule has 0 atom stereocenters. The van der Waals surface area contributed by atoms with Crippen molar-refractivity contribution in [3.8, 4) is 0 Å². The van der Waals surface area contributed by atoms with Gasteiger partial charge in [-0.25, -0.2) is 4.98 Å². The highest BCUT2D eigenvalue weighted by atomic mass is 32.1. The van der Waals surface area contributed by atoms with Gasteiger partial charge in [-0.15, -0.1) is 11.3 Å². The van der Waals surface area contributed by atoms with E-state index in [-0.39, 0.29) is 23.9 Å². The van der Waals surface area contributed by atoms with Crippen LogP contribution >= 0.6 is 11.3 Å². The van der Waals surface area contributed by atoms with Crippen LogP contribution in [0.5, 0.6) is 0 Å². The van der Waals surface area contributed by atoms with Gasteiger partial charge in [-0.2, -0.15) is 0 Å². The Labute approximate surface area is 135 Å². The van der Waals surface area contributed by atoms with Crippen molar-refractivity contribution in [1.29, 1.82) is 0 Å². The molecule has 7 heteroatoms. The van der Waals surface area contributed by atoms with Crippen molar-refractivity contribution in [1.82, 2.24) is 15.2 Å². The lowest BCUT2D eigenvalue weighted by Crippen LogP contribution is -2.48. The van der Waals surface area contributed by atoms with Crippen LogP contribution in [0.25, 0.3) is 0 Å². The molecular formula is C15H24N4O2S. The number of carbonyl (C=O) groups is 2. The Hall–Kier alpha value is -1.47. The fraction of sp³-hybridized carbons (Fsp3) is 0.667. The molecule has 0 aliphatic carbocycles. The number of anilines is 1. The van der Waals surface area contributed by atoms with Crippen molar-refractivity contribution in [2.45, 2.75) is 46.1 Å². The first-order valence-electron chi connectivity index (χ1n) is 7.59. The predicted octanol–water partition coefficient (Wildman–Crippen LogP) is 1.55. The Bertz CT molecular complexity index is 568. The SMILES string of the molecule is CCc1nc(NC(=O)CN2CCNC(=O)CC2(C)C)sc1C. The molecule has 0 saturated carbocycles. The summed E-state index contributed by atoms with van der Waals surface area (Å²) in [4.78, 5) is 31.5. The summed E-state index contributed by atoms with van der Waals surface area (Å²) in [5, 5.41) is 6.38.